The van der Waals surface area contributed by atoms with Crippen LogP contribution in [0.15, 0.2) is 72.0 Å². The molecule has 1 N–H and O–H groups in total. The Balaban J connectivity index is 1.48. The van der Waals surface area contributed by atoms with Gasteiger partial charge in [-0.05, 0) is 61.5 Å². The second-order valence-electron chi connectivity index (χ2n) is 6.39. The number of ether oxygens (including phenoxy) is 1. The monoisotopic (exact) mass is 438 g/mol. The van der Waals surface area contributed by atoms with Gasteiger partial charge in [-0.3, -0.25) is 4.79 Å². The molecule has 0 aliphatic carbocycles. The zero-order valence-corrected chi connectivity index (χ0v) is 17.8. The molecule has 0 saturated carbocycles. The normalized spacial score (nSPS) is 10.9. The average molecular weight is 439 g/mol. The summed E-state index contributed by atoms with van der Waals surface area (Å²) in [5.74, 6) is 0.950. The van der Waals surface area contributed by atoms with Gasteiger partial charge in [0.1, 0.15) is 10.8 Å². The highest BCUT2D eigenvalue weighted by atomic mass is 35.5. The van der Waals surface area contributed by atoms with Crippen molar-refractivity contribution in [2.24, 2.45) is 0 Å². The Hall–Kier alpha value is -3.03. The number of hydrogen-bond donors (Lipinski definition) is 1. The second kappa shape index (κ2) is 9.19. The molecule has 4 aromatic rings. The van der Waals surface area contributed by atoms with Crippen LogP contribution in [0.25, 0.3) is 16.8 Å². The van der Waals surface area contributed by atoms with Crippen LogP contribution >= 0.6 is 23.4 Å². The highest BCUT2D eigenvalue weighted by Crippen LogP contribution is 2.27. The number of benzene rings is 2. The number of aromatic nitrogens is 3. The van der Waals surface area contributed by atoms with Gasteiger partial charge in [-0.1, -0.05) is 23.4 Å². The van der Waals surface area contributed by atoms with Crippen LogP contribution < -0.4 is 10.1 Å². The molecule has 152 valence electrons. The largest absolute Gasteiger partial charge is 0.494 e. The van der Waals surface area contributed by atoms with Gasteiger partial charge in [0, 0.05) is 28.7 Å². The Morgan fingerprint density at radius 1 is 1.17 bits per heavy atom. The lowest BCUT2D eigenvalue weighted by molar-refractivity contribution is -0.113. The molecule has 0 radical (unpaired) electrons. The van der Waals surface area contributed by atoms with Gasteiger partial charge in [0.15, 0.2) is 0 Å². The van der Waals surface area contributed by atoms with Crippen molar-refractivity contribution in [3.05, 3.63) is 72.0 Å². The van der Waals surface area contributed by atoms with Gasteiger partial charge in [0.05, 0.1) is 23.6 Å². The summed E-state index contributed by atoms with van der Waals surface area (Å²) in [6.07, 6.45) is 3.48. The lowest BCUT2D eigenvalue weighted by Gasteiger charge is -2.05. The molecule has 0 unspecified atom stereocenters. The van der Waals surface area contributed by atoms with E-state index in [2.05, 4.69) is 15.4 Å². The molecule has 0 spiro atoms. The van der Waals surface area contributed by atoms with E-state index in [4.69, 9.17) is 16.3 Å². The van der Waals surface area contributed by atoms with Gasteiger partial charge in [-0.2, -0.15) is 5.10 Å². The molecule has 0 atom stereocenters. The van der Waals surface area contributed by atoms with Crippen LogP contribution in [-0.4, -0.2) is 32.9 Å². The van der Waals surface area contributed by atoms with Gasteiger partial charge in [-0.25, -0.2) is 9.50 Å². The number of hydrogen-bond acceptors (Lipinski definition) is 5. The molecule has 8 heteroatoms. The minimum Gasteiger partial charge on any atom is -0.494 e. The Kier molecular flexibility index (Phi) is 6.21. The lowest BCUT2D eigenvalue weighted by Crippen LogP contribution is -2.14. The molecule has 0 bridgehead atoms. The van der Waals surface area contributed by atoms with E-state index in [1.54, 1.807) is 41.2 Å². The van der Waals surface area contributed by atoms with Crippen LogP contribution in [0.4, 0.5) is 5.69 Å². The number of carbonyl (C=O) groups is 1. The fourth-order valence-electron chi connectivity index (χ4n) is 2.90. The topological polar surface area (TPSA) is 68.5 Å². The Labute approximate surface area is 183 Å². The van der Waals surface area contributed by atoms with Crippen molar-refractivity contribution in [3.63, 3.8) is 0 Å². The molecule has 0 saturated heterocycles. The molecule has 30 heavy (non-hydrogen) atoms. The number of thioether (sulfide) groups is 1. The number of nitrogens with one attached hydrogen (secondary N) is 1. The van der Waals surface area contributed by atoms with Crippen molar-refractivity contribution < 1.29 is 9.53 Å². The zero-order chi connectivity index (χ0) is 20.9. The molecule has 0 aliphatic heterocycles. The van der Waals surface area contributed by atoms with E-state index in [0.29, 0.717) is 17.3 Å². The quantitative estimate of drug-likeness (QED) is 0.403. The number of halogens is 1. The first-order valence-corrected chi connectivity index (χ1v) is 10.7. The van der Waals surface area contributed by atoms with E-state index in [9.17, 15) is 4.79 Å². The molecule has 0 aliphatic rings. The van der Waals surface area contributed by atoms with Gasteiger partial charge >= 0.3 is 0 Å². The maximum atomic E-state index is 12.3. The summed E-state index contributed by atoms with van der Waals surface area (Å²) in [7, 11) is 0. The third kappa shape index (κ3) is 4.75. The zero-order valence-electron chi connectivity index (χ0n) is 16.2. The van der Waals surface area contributed by atoms with Crippen LogP contribution in [-0.2, 0) is 4.79 Å². The van der Waals surface area contributed by atoms with Crippen molar-refractivity contribution in [2.75, 3.05) is 17.7 Å². The van der Waals surface area contributed by atoms with Crippen LogP contribution in [0.1, 0.15) is 6.92 Å². The molecular formula is C22H19ClN4O2S. The summed E-state index contributed by atoms with van der Waals surface area (Å²) in [6.45, 7) is 2.59. The van der Waals surface area contributed by atoms with Crippen LogP contribution in [0.5, 0.6) is 5.75 Å². The number of rotatable bonds is 7. The van der Waals surface area contributed by atoms with Gasteiger partial charge in [0.2, 0.25) is 5.91 Å². The van der Waals surface area contributed by atoms with Crippen molar-refractivity contribution in [2.45, 2.75) is 11.9 Å². The van der Waals surface area contributed by atoms with Crippen LogP contribution in [0, 0.1) is 0 Å². The van der Waals surface area contributed by atoms with E-state index in [1.807, 2.05) is 37.3 Å². The highest BCUT2D eigenvalue weighted by Gasteiger charge is 2.12. The molecule has 2 aromatic heterocycles. The maximum absolute atomic E-state index is 12.3. The summed E-state index contributed by atoms with van der Waals surface area (Å²) in [5, 5.41) is 8.86. The minimum atomic E-state index is -0.114. The third-order valence-corrected chi connectivity index (χ3v) is 5.53. The van der Waals surface area contributed by atoms with E-state index < -0.39 is 0 Å². The summed E-state index contributed by atoms with van der Waals surface area (Å²) >= 11 is 7.24. The molecule has 2 aromatic carbocycles. The number of anilines is 1. The number of amides is 1. The fourth-order valence-corrected chi connectivity index (χ4v) is 3.80. The summed E-state index contributed by atoms with van der Waals surface area (Å²) in [6, 6.07) is 16.8. The summed E-state index contributed by atoms with van der Waals surface area (Å²) < 4.78 is 7.27. The van der Waals surface area contributed by atoms with Gasteiger partial charge in [0.25, 0.3) is 0 Å². The summed E-state index contributed by atoms with van der Waals surface area (Å²) in [5.41, 5.74) is 3.38. The van der Waals surface area contributed by atoms with Crippen molar-refractivity contribution in [3.8, 4) is 17.0 Å². The predicted molar refractivity (Wildman–Crippen MR) is 120 cm³/mol. The van der Waals surface area contributed by atoms with Gasteiger partial charge in [-0.15, -0.1) is 0 Å². The minimum absolute atomic E-state index is 0.114. The van der Waals surface area contributed by atoms with E-state index in [-0.39, 0.29) is 11.7 Å². The average Bonchev–Trinajstić information content (AvgIpc) is 3.20. The molecular weight excluding hydrogens is 420 g/mol. The second-order valence-corrected chi connectivity index (χ2v) is 7.79. The maximum Gasteiger partial charge on any atom is 0.234 e. The predicted octanol–water partition coefficient (Wildman–Crippen LogP) is 5.18. The van der Waals surface area contributed by atoms with Crippen molar-refractivity contribution in [1.29, 1.82) is 0 Å². The molecule has 0 fully saturated rings. The smallest absolute Gasteiger partial charge is 0.234 e. The molecule has 6 nitrogen and oxygen atoms in total. The van der Waals surface area contributed by atoms with Crippen molar-refractivity contribution in [1.82, 2.24) is 14.6 Å². The SMILES string of the molecule is CCOc1ccc(-c2cc3c(SCC(=O)Nc4ccc(Cl)cc4)nccn3n2)cc1. The van der Waals surface area contributed by atoms with Gasteiger partial charge < -0.3 is 10.1 Å². The molecule has 4 rings (SSSR count). The fraction of sp³-hybridized carbons (Fsp3) is 0.136. The standard InChI is InChI=1S/C22H19ClN4O2S/c1-2-29-18-9-3-15(4-10-18)19-13-20-22(24-11-12-27(20)26-19)30-14-21(28)25-17-7-5-16(23)6-8-17/h3-13H,2,14H2,1H3,(H,25,28). The Morgan fingerprint density at radius 3 is 2.67 bits per heavy atom. The number of fused-ring (bicyclic) bond motifs is 1. The number of carbonyl (C=O) groups excluding carboxylic acids is 1. The molecule has 2 heterocycles. The first-order chi connectivity index (χ1) is 14.6. The van der Waals surface area contributed by atoms with Crippen LogP contribution in [0.2, 0.25) is 5.02 Å². The number of nitrogens with zero attached hydrogens (tertiary/aromatic N) is 3. The van der Waals surface area contributed by atoms with Crippen LogP contribution in [0.3, 0.4) is 0 Å². The third-order valence-electron chi connectivity index (χ3n) is 4.28. The first-order valence-electron chi connectivity index (χ1n) is 9.38. The van der Waals surface area contributed by atoms with E-state index in [0.717, 1.165) is 27.5 Å². The lowest BCUT2D eigenvalue weighted by atomic mass is 10.1. The Bertz CT molecular complexity index is 1160. The highest BCUT2D eigenvalue weighted by molar-refractivity contribution is 8.00. The first kappa shape index (κ1) is 20.3. The Morgan fingerprint density at radius 2 is 1.93 bits per heavy atom. The van der Waals surface area contributed by atoms with Crippen molar-refractivity contribution >= 4 is 40.5 Å². The molecule has 1 amide bonds. The summed E-state index contributed by atoms with van der Waals surface area (Å²) in [4.78, 5) is 16.7. The van der Waals surface area contributed by atoms with E-state index >= 15 is 0 Å². The van der Waals surface area contributed by atoms with E-state index in [1.165, 1.54) is 11.8 Å².